The van der Waals surface area contributed by atoms with Gasteiger partial charge in [-0.15, -0.1) is 0 Å². The van der Waals surface area contributed by atoms with Crippen LogP contribution in [-0.2, 0) is 15.0 Å². The van der Waals surface area contributed by atoms with Gasteiger partial charge in [0.15, 0.2) is 0 Å². The van der Waals surface area contributed by atoms with Crippen LogP contribution in [0.2, 0.25) is 0 Å². The van der Waals surface area contributed by atoms with Crippen molar-refractivity contribution in [3.8, 4) is 0 Å². The van der Waals surface area contributed by atoms with Gasteiger partial charge in [-0.2, -0.15) is 0 Å². The maximum atomic E-state index is 13.1. The lowest BCUT2D eigenvalue weighted by Gasteiger charge is -2.55. The molecular weight excluding hydrogens is 360 g/mol. The Morgan fingerprint density at radius 3 is 2.03 bits per heavy atom. The Kier molecular flexibility index (Phi) is 4.92. The molecule has 4 nitrogen and oxygen atoms in total. The monoisotopic (exact) mass is 394 g/mol. The molecule has 1 aromatic rings. The maximum absolute atomic E-state index is 13.1. The summed E-state index contributed by atoms with van der Waals surface area (Å²) in [7, 11) is 0. The fourth-order valence-electron chi connectivity index (χ4n) is 7.48. The molecule has 2 N–H and O–H groups in total. The predicted molar refractivity (Wildman–Crippen MR) is 113 cm³/mol. The molecule has 0 unspecified atom stereocenters. The smallest absolute Gasteiger partial charge is 0.239 e. The lowest BCUT2D eigenvalue weighted by Crippen LogP contribution is -2.54. The molecule has 6 rings (SSSR count). The SMILES string of the molecule is O=C(CNC(=O)C12CC3CC(CC(C3)C1)C2)NCC1(c2ccccc2)CCCC1. The second-order valence-corrected chi connectivity index (χ2v) is 10.5. The van der Waals surface area contributed by atoms with E-state index in [2.05, 4.69) is 34.9 Å². The number of rotatable bonds is 6. The Labute approximate surface area is 174 Å². The van der Waals surface area contributed by atoms with Crippen LogP contribution in [0.1, 0.15) is 69.8 Å². The first kappa shape index (κ1) is 19.1. The Morgan fingerprint density at radius 2 is 1.45 bits per heavy atom. The van der Waals surface area contributed by atoms with Crippen LogP contribution in [0.3, 0.4) is 0 Å². The van der Waals surface area contributed by atoms with Crippen LogP contribution in [-0.4, -0.2) is 24.9 Å². The second-order valence-electron chi connectivity index (χ2n) is 10.5. The van der Waals surface area contributed by atoms with Crippen molar-refractivity contribution < 1.29 is 9.59 Å². The quantitative estimate of drug-likeness (QED) is 0.768. The summed E-state index contributed by atoms with van der Waals surface area (Å²) in [5.41, 5.74) is 1.21. The fourth-order valence-corrected chi connectivity index (χ4v) is 7.48. The lowest BCUT2D eigenvalue weighted by molar-refractivity contribution is -0.147. The van der Waals surface area contributed by atoms with E-state index in [1.807, 2.05) is 6.07 Å². The largest absolute Gasteiger partial charge is 0.354 e. The van der Waals surface area contributed by atoms with E-state index in [1.54, 1.807) is 0 Å². The summed E-state index contributed by atoms with van der Waals surface area (Å²) in [5, 5.41) is 6.16. The van der Waals surface area contributed by atoms with Crippen molar-refractivity contribution in [1.29, 1.82) is 0 Å². The summed E-state index contributed by atoms with van der Waals surface area (Å²) >= 11 is 0. The zero-order valence-electron chi connectivity index (χ0n) is 17.4. The number of carbonyl (C=O) groups is 2. The van der Waals surface area contributed by atoms with Crippen LogP contribution in [0.5, 0.6) is 0 Å². The second kappa shape index (κ2) is 7.45. The Bertz CT molecular complexity index is 731. The van der Waals surface area contributed by atoms with Crippen molar-refractivity contribution in [3.05, 3.63) is 35.9 Å². The average molecular weight is 395 g/mol. The van der Waals surface area contributed by atoms with E-state index in [9.17, 15) is 9.59 Å². The topological polar surface area (TPSA) is 58.2 Å². The molecule has 4 bridgehead atoms. The molecule has 0 heterocycles. The van der Waals surface area contributed by atoms with Gasteiger partial charge in [0.25, 0.3) is 0 Å². The number of hydrogen-bond donors (Lipinski definition) is 2. The molecule has 4 heteroatoms. The Balaban J connectivity index is 1.16. The highest BCUT2D eigenvalue weighted by Crippen LogP contribution is 2.60. The van der Waals surface area contributed by atoms with E-state index in [-0.39, 0.29) is 29.2 Å². The van der Waals surface area contributed by atoms with Crippen LogP contribution < -0.4 is 10.6 Å². The molecule has 29 heavy (non-hydrogen) atoms. The third kappa shape index (κ3) is 3.60. The van der Waals surface area contributed by atoms with E-state index >= 15 is 0 Å². The molecule has 0 spiro atoms. The third-order valence-corrected chi connectivity index (χ3v) is 8.50. The first-order chi connectivity index (χ1) is 14.1. The average Bonchev–Trinajstić information content (AvgIpc) is 3.20. The molecule has 5 aliphatic carbocycles. The molecule has 0 radical (unpaired) electrons. The van der Waals surface area contributed by atoms with Crippen molar-refractivity contribution in [2.75, 3.05) is 13.1 Å². The molecule has 156 valence electrons. The van der Waals surface area contributed by atoms with E-state index in [1.165, 1.54) is 37.7 Å². The molecular formula is C25H34N2O2. The molecule has 0 aromatic heterocycles. The summed E-state index contributed by atoms with van der Waals surface area (Å²) in [5.74, 6) is 2.33. The summed E-state index contributed by atoms with van der Waals surface area (Å²) in [4.78, 5) is 25.6. The molecule has 2 amide bonds. The van der Waals surface area contributed by atoms with E-state index in [4.69, 9.17) is 0 Å². The minimum Gasteiger partial charge on any atom is -0.354 e. The summed E-state index contributed by atoms with van der Waals surface area (Å²) in [6.45, 7) is 0.786. The van der Waals surface area contributed by atoms with E-state index in [0.29, 0.717) is 6.54 Å². The molecule has 5 aliphatic rings. The van der Waals surface area contributed by atoms with Crippen LogP contribution in [0.25, 0.3) is 0 Å². The standard InChI is InChI=1S/C25H34N2O2/c28-22(27-17-24(8-4-5-9-24)21-6-2-1-3-7-21)16-26-23(29)25-13-18-10-19(14-25)12-20(11-18)15-25/h1-3,6-7,18-20H,4-5,8-17H2,(H,26,29)(H,27,28). The van der Waals surface area contributed by atoms with Crippen LogP contribution in [0, 0.1) is 23.2 Å². The van der Waals surface area contributed by atoms with Gasteiger partial charge in [0, 0.05) is 17.4 Å². The normalized spacial score (nSPS) is 34.1. The van der Waals surface area contributed by atoms with Crippen molar-refractivity contribution in [2.24, 2.45) is 23.2 Å². The number of benzene rings is 1. The number of carbonyl (C=O) groups excluding carboxylic acids is 2. The van der Waals surface area contributed by atoms with Crippen molar-refractivity contribution in [2.45, 2.75) is 69.6 Å². The molecule has 0 atom stereocenters. The van der Waals surface area contributed by atoms with E-state index < -0.39 is 0 Å². The number of hydrogen-bond acceptors (Lipinski definition) is 2. The van der Waals surface area contributed by atoms with Crippen molar-refractivity contribution in [3.63, 3.8) is 0 Å². The summed E-state index contributed by atoms with van der Waals surface area (Å²) in [6, 6.07) is 10.6. The highest BCUT2D eigenvalue weighted by molar-refractivity contribution is 5.88. The van der Waals surface area contributed by atoms with Crippen LogP contribution >= 0.6 is 0 Å². The minimum atomic E-state index is -0.175. The molecule has 0 aliphatic heterocycles. The van der Waals surface area contributed by atoms with Gasteiger partial charge in [-0.3, -0.25) is 9.59 Å². The summed E-state index contributed by atoms with van der Waals surface area (Å²) < 4.78 is 0. The number of nitrogens with one attached hydrogen (secondary N) is 2. The minimum absolute atomic E-state index is 0.0507. The van der Waals surface area contributed by atoms with Gasteiger partial charge in [-0.05, 0) is 74.7 Å². The van der Waals surface area contributed by atoms with Gasteiger partial charge in [0.1, 0.15) is 0 Å². The number of amides is 2. The predicted octanol–water partition coefficient (Wildman–Crippen LogP) is 3.95. The summed E-state index contributed by atoms with van der Waals surface area (Å²) in [6.07, 6.45) is 11.8. The molecule has 5 fully saturated rings. The van der Waals surface area contributed by atoms with Gasteiger partial charge >= 0.3 is 0 Å². The fraction of sp³-hybridized carbons (Fsp3) is 0.680. The molecule has 0 saturated heterocycles. The highest BCUT2D eigenvalue weighted by atomic mass is 16.2. The van der Waals surface area contributed by atoms with Crippen LogP contribution in [0.4, 0.5) is 0 Å². The van der Waals surface area contributed by atoms with Gasteiger partial charge in [0.05, 0.1) is 6.54 Å². The van der Waals surface area contributed by atoms with Gasteiger partial charge in [-0.25, -0.2) is 0 Å². The zero-order chi connectivity index (χ0) is 19.9. The first-order valence-corrected chi connectivity index (χ1v) is 11.7. The lowest BCUT2D eigenvalue weighted by atomic mass is 9.49. The molecule has 5 saturated carbocycles. The van der Waals surface area contributed by atoms with Crippen molar-refractivity contribution >= 4 is 11.8 Å². The maximum Gasteiger partial charge on any atom is 0.239 e. The first-order valence-electron chi connectivity index (χ1n) is 11.7. The van der Waals surface area contributed by atoms with Crippen molar-refractivity contribution in [1.82, 2.24) is 10.6 Å². The van der Waals surface area contributed by atoms with Gasteiger partial charge in [0.2, 0.25) is 11.8 Å². The van der Waals surface area contributed by atoms with Gasteiger partial charge in [-0.1, -0.05) is 43.2 Å². The zero-order valence-corrected chi connectivity index (χ0v) is 17.4. The Hall–Kier alpha value is -1.84. The molecule has 1 aromatic carbocycles. The van der Waals surface area contributed by atoms with Gasteiger partial charge < -0.3 is 10.6 Å². The third-order valence-electron chi connectivity index (χ3n) is 8.50. The van der Waals surface area contributed by atoms with Crippen LogP contribution in [0.15, 0.2) is 30.3 Å². The highest BCUT2D eigenvalue weighted by Gasteiger charge is 2.54. The van der Waals surface area contributed by atoms with E-state index in [0.717, 1.165) is 49.9 Å². The Morgan fingerprint density at radius 1 is 0.862 bits per heavy atom.